The molecule has 6 rings (SSSR count). The highest BCUT2D eigenvalue weighted by Crippen LogP contribution is 2.53. The Labute approximate surface area is 220 Å². The summed E-state index contributed by atoms with van der Waals surface area (Å²) in [6.07, 6.45) is 3.49. The summed E-state index contributed by atoms with van der Waals surface area (Å²) in [5, 5.41) is 14.0. The van der Waals surface area contributed by atoms with E-state index < -0.39 is 52.4 Å². The monoisotopic (exact) mass is 532 g/mol. The SMILES string of the molecule is O=C(Nc1cc([N+](=O)[O-])ccc1Cl)[C@@H]1[C@@H]2C(=O)N(c3ccc(F)cc3)C(=O)[C@H]2[C@@H]2c3ccccc3C=CN12. The fourth-order valence-corrected chi connectivity index (χ4v) is 5.80. The van der Waals surface area contributed by atoms with Crippen LogP contribution in [0, 0.1) is 27.8 Å². The molecule has 3 aromatic rings. The Kier molecular flexibility index (Phi) is 5.50. The number of anilines is 2. The Morgan fingerprint density at radius 1 is 1.00 bits per heavy atom. The molecule has 190 valence electrons. The molecule has 3 aromatic carbocycles. The molecule has 0 spiro atoms. The molecule has 1 N–H and O–H groups in total. The van der Waals surface area contributed by atoms with Crippen LogP contribution >= 0.6 is 11.6 Å². The van der Waals surface area contributed by atoms with Crippen LogP contribution in [0.1, 0.15) is 17.2 Å². The van der Waals surface area contributed by atoms with Gasteiger partial charge in [0.15, 0.2) is 0 Å². The zero-order chi connectivity index (χ0) is 26.7. The summed E-state index contributed by atoms with van der Waals surface area (Å²) in [5.41, 5.74) is 1.60. The first kappa shape index (κ1) is 23.8. The zero-order valence-corrected chi connectivity index (χ0v) is 20.2. The van der Waals surface area contributed by atoms with Crippen LogP contribution < -0.4 is 10.2 Å². The van der Waals surface area contributed by atoms with Gasteiger partial charge in [0, 0.05) is 18.3 Å². The number of fused-ring (bicyclic) bond motifs is 5. The van der Waals surface area contributed by atoms with E-state index in [9.17, 15) is 28.9 Å². The van der Waals surface area contributed by atoms with E-state index in [0.29, 0.717) is 0 Å². The normalized spacial score (nSPS) is 23.2. The number of nitrogens with one attached hydrogen (secondary N) is 1. The molecule has 0 saturated carbocycles. The second-order valence-electron chi connectivity index (χ2n) is 9.23. The van der Waals surface area contributed by atoms with Gasteiger partial charge in [0.2, 0.25) is 17.7 Å². The molecule has 0 bridgehead atoms. The van der Waals surface area contributed by atoms with Crippen LogP contribution in [0.25, 0.3) is 6.08 Å². The summed E-state index contributed by atoms with van der Waals surface area (Å²) in [7, 11) is 0. The second kappa shape index (κ2) is 8.77. The molecule has 2 saturated heterocycles. The maximum Gasteiger partial charge on any atom is 0.271 e. The van der Waals surface area contributed by atoms with E-state index in [-0.39, 0.29) is 22.1 Å². The Morgan fingerprint density at radius 2 is 1.71 bits per heavy atom. The molecule has 0 radical (unpaired) electrons. The lowest BCUT2D eigenvalue weighted by Gasteiger charge is -2.35. The van der Waals surface area contributed by atoms with Crippen LogP contribution in [0.3, 0.4) is 0 Å². The first-order chi connectivity index (χ1) is 18.3. The third kappa shape index (κ3) is 3.56. The largest absolute Gasteiger partial charge is 0.357 e. The number of non-ortho nitro benzene ring substituents is 1. The van der Waals surface area contributed by atoms with E-state index in [1.807, 2.05) is 24.3 Å². The van der Waals surface area contributed by atoms with E-state index >= 15 is 0 Å². The van der Waals surface area contributed by atoms with Crippen LogP contribution in [-0.2, 0) is 14.4 Å². The van der Waals surface area contributed by atoms with Crippen molar-refractivity contribution < 1.29 is 23.7 Å². The molecule has 0 unspecified atom stereocenters. The van der Waals surface area contributed by atoms with Crippen molar-refractivity contribution in [3.8, 4) is 0 Å². The summed E-state index contributed by atoms with van der Waals surface area (Å²) in [4.78, 5) is 54.7. The number of carbonyl (C=O) groups is 3. The average Bonchev–Trinajstić information content (AvgIpc) is 3.38. The van der Waals surface area contributed by atoms with Gasteiger partial charge in [0.25, 0.3) is 5.69 Å². The van der Waals surface area contributed by atoms with Crippen molar-refractivity contribution in [3.05, 3.63) is 105 Å². The molecule has 3 aliphatic heterocycles. The number of rotatable bonds is 4. The standard InChI is InChI=1S/C27H18ClFN4O5/c28-19-10-9-17(33(37)38)13-20(19)30-25(34)24-22-21(23-18-4-2-1-3-14(18)11-12-31(23)24)26(35)32(27(22)36)16-7-5-15(29)6-8-16/h1-13,21-24H,(H,30,34)/t21-,22-,23+,24+/m1/s1. The zero-order valence-electron chi connectivity index (χ0n) is 19.5. The molecular formula is C27H18ClFN4O5. The smallest absolute Gasteiger partial charge is 0.271 e. The number of benzene rings is 3. The molecule has 38 heavy (non-hydrogen) atoms. The highest BCUT2D eigenvalue weighted by atomic mass is 35.5. The van der Waals surface area contributed by atoms with Crippen LogP contribution in [0.5, 0.6) is 0 Å². The van der Waals surface area contributed by atoms with Gasteiger partial charge in [0.1, 0.15) is 11.9 Å². The van der Waals surface area contributed by atoms with Crippen LogP contribution in [0.2, 0.25) is 5.02 Å². The van der Waals surface area contributed by atoms with Gasteiger partial charge in [-0.1, -0.05) is 35.9 Å². The van der Waals surface area contributed by atoms with Gasteiger partial charge in [-0.05, 0) is 47.5 Å². The van der Waals surface area contributed by atoms with Gasteiger partial charge in [-0.2, -0.15) is 0 Å². The fraction of sp³-hybridized carbons (Fsp3) is 0.148. The fourth-order valence-electron chi connectivity index (χ4n) is 5.63. The van der Waals surface area contributed by atoms with E-state index in [1.165, 1.54) is 24.3 Å². The summed E-state index contributed by atoms with van der Waals surface area (Å²) < 4.78 is 13.6. The molecule has 0 aliphatic carbocycles. The Bertz CT molecular complexity index is 1560. The molecule has 3 aliphatic rings. The number of amides is 3. The van der Waals surface area contributed by atoms with Gasteiger partial charge >= 0.3 is 0 Å². The summed E-state index contributed by atoms with van der Waals surface area (Å²) in [6.45, 7) is 0. The number of nitro benzene ring substituents is 1. The Hall–Kier alpha value is -4.57. The van der Waals surface area contributed by atoms with Gasteiger partial charge in [-0.15, -0.1) is 0 Å². The highest BCUT2D eigenvalue weighted by Gasteiger charge is 2.64. The van der Waals surface area contributed by atoms with E-state index in [4.69, 9.17) is 11.6 Å². The molecule has 0 aromatic heterocycles. The van der Waals surface area contributed by atoms with E-state index in [2.05, 4.69) is 5.32 Å². The number of hydrogen-bond donors (Lipinski definition) is 1. The first-order valence-electron chi connectivity index (χ1n) is 11.7. The predicted octanol–water partition coefficient (Wildman–Crippen LogP) is 4.54. The van der Waals surface area contributed by atoms with Crippen molar-refractivity contribution in [1.82, 2.24) is 4.90 Å². The van der Waals surface area contributed by atoms with E-state index in [0.717, 1.165) is 34.2 Å². The van der Waals surface area contributed by atoms with Crippen LogP contribution in [0.15, 0.2) is 72.9 Å². The number of hydrogen-bond acceptors (Lipinski definition) is 6. The Morgan fingerprint density at radius 3 is 2.45 bits per heavy atom. The van der Waals surface area contributed by atoms with Crippen molar-refractivity contribution in [2.75, 3.05) is 10.2 Å². The van der Waals surface area contributed by atoms with Crippen molar-refractivity contribution in [1.29, 1.82) is 0 Å². The van der Waals surface area contributed by atoms with E-state index in [1.54, 1.807) is 17.2 Å². The maximum atomic E-state index is 13.8. The molecule has 3 amide bonds. The molecule has 3 heterocycles. The Balaban J connectivity index is 1.43. The molecule has 11 heteroatoms. The number of carbonyl (C=O) groups excluding carboxylic acids is 3. The molecule has 9 nitrogen and oxygen atoms in total. The quantitative estimate of drug-likeness (QED) is 0.300. The van der Waals surface area contributed by atoms with Crippen molar-refractivity contribution in [3.63, 3.8) is 0 Å². The van der Waals surface area contributed by atoms with Gasteiger partial charge in [-0.3, -0.25) is 24.5 Å². The van der Waals surface area contributed by atoms with Crippen LogP contribution in [-0.4, -0.2) is 33.6 Å². The third-order valence-electron chi connectivity index (χ3n) is 7.23. The maximum absolute atomic E-state index is 13.8. The van der Waals surface area contributed by atoms with Crippen molar-refractivity contribution >= 4 is 52.5 Å². The van der Waals surface area contributed by atoms with Crippen molar-refractivity contribution in [2.24, 2.45) is 11.8 Å². The number of halogens is 2. The van der Waals surface area contributed by atoms with Gasteiger partial charge in [-0.25, -0.2) is 9.29 Å². The lowest BCUT2D eigenvalue weighted by atomic mass is 9.84. The minimum absolute atomic E-state index is 0.0134. The minimum Gasteiger partial charge on any atom is -0.357 e. The van der Waals surface area contributed by atoms with Gasteiger partial charge < -0.3 is 10.2 Å². The highest BCUT2D eigenvalue weighted by molar-refractivity contribution is 6.34. The summed E-state index contributed by atoms with van der Waals surface area (Å²) in [6, 6.07) is 14.3. The molecule has 2 fully saturated rings. The summed E-state index contributed by atoms with van der Waals surface area (Å²) >= 11 is 6.21. The van der Waals surface area contributed by atoms with Crippen LogP contribution in [0.4, 0.5) is 21.5 Å². The first-order valence-corrected chi connectivity index (χ1v) is 12.1. The number of nitrogens with zero attached hydrogens (tertiary/aromatic N) is 3. The lowest BCUT2D eigenvalue weighted by Crippen LogP contribution is -2.46. The molecule has 4 atom stereocenters. The topological polar surface area (TPSA) is 113 Å². The molecular weight excluding hydrogens is 515 g/mol. The second-order valence-corrected chi connectivity index (χ2v) is 9.64. The number of nitro groups is 1. The van der Waals surface area contributed by atoms with Crippen molar-refractivity contribution in [2.45, 2.75) is 12.1 Å². The number of imide groups is 1. The third-order valence-corrected chi connectivity index (χ3v) is 7.56. The predicted molar refractivity (Wildman–Crippen MR) is 136 cm³/mol. The average molecular weight is 533 g/mol. The summed E-state index contributed by atoms with van der Waals surface area (Å²) in [5.74, 6) is -4.19. The minimum atomic E-state index is -1.12. The lowest BCUT2D eigenvalue weighted by molar-refractivity contribution is -0.384. The van der Waals surface area contributed by atoms with Gasteiger partial charge in [0.05, 0.1) is 39.2 Å².